The van der Waals surface area contributed by atoms with Crippen LogP contribution in [0.15, 0.2) is 42.7 Å². The molecule has 0 saturated carbocycles. The molecule has 0 N–H and O–H groups in total. The zero-order chi connectivity index (χ0) is 9.38. The Labute approximate surface area is 84.7 Å². The Kier molecular flexibility index (Phi) is 1.61. The smallest absolute Gasteiger partial charge is 0.212 e. The standard InChI is InChI=1S/C10H7N3S/c1-2-4-8(5-3-1)9-12-13-7-6-11-10(13)14-9/h1-7H. The van der Waals surface area contributed by atoms with Crippen molar-refractivity contribution >= 4 is 16.3 Å². The molecule has 0 amide bonds. The molecule has 3 nitrogen and oxygen atoms in total. The van der Waals surface area contributed by atoms with Gasteiger partial charge in [0, 0.05) is 11.8 Å². The van der Waals surface area contributed by atoms with Crippen molar-refractivity contribution in [2.24, 2.45) is 0 Å². The van der Waals surface area contributed by atoms with Crippen molar-refractivity contribution in [3.63, 3.8) is 0 Å². The quantitative estimate of drug-likeness (QED) is 0.605. The van der Waals surface area contributed by atoms with Gasteiger partial charge < -0.3 is 0 Å². The van der Waals surface area contributed by atoms with Gasteiger partial charge in [-0.2, -0.15) is 5.10 Å². The Balaban J connectivity index is 2.19. The van der Waals surface area contributed by atoms with Gasteiger partial charge in [0.05, 0.1) is 6.20 Å². The predicted molar refractivity (Wildman–Crippen MR) is 56.3 cm³/mol. The first-order valence-electron chi connectivity index (χ1n) is 4.29. The summed E-state index contributed by atoms with van der Waals surface area (Å²) >= 11 is 1.60. The molecule has 1 aromatic carbocycles. The van der Waals surface area contributed by atoms with E-state index in [1.54, 1.807) is 22.0 Å². The number of imidazole rings is 1. The maximum atomic E-state index is 4.42. The molecule has 68 valence electrons. The van der Waals surface area contributed by atoms with Crippen LogP contribution in [-0.2, 0) is 0 Å². The molecular weight excluding hydrogens is 194 g/mol. The van der Waals surface area contributed by atoms with Gasteiger partial charge in [0.2, 0.25) is 4.96 Å². The van der Waals surface area contributed by atoms with Gasteiger partial charge in [0.15, 0.2) is 0 Å². The van der Waals surface area contributed by atoms with Gasteiger partial charge in [-0.1, -0.05) is 41.7 Å². The van der Waals surface area contributed by atoms with Gasteiger partial charge in [-0.3, -0.25) is 0 Å². The van der Waals surface area contributed by atoms with E-state index >= 15 is 0 Å². The highest BCUT2D eigenvalue weighted by Crippen LogP contribution is 2.24. The zero-order valence-corrected chi connectivity index (χ0v) is 8.11. The van der Waals surface area contributed by atoms with Gasteiger partial charge in [0.25, 0.3) is 0 Å². The van der Waals surface area contributed by atoms with Crippen molar-refractivity contribution in [2.75, 3.05) is 0 Å². The highest BCUT2D eigenvalue weighted by atomic mass is 32.1. The molecule has 0 bridgehead atoms. The molecule has 2 heterocycles. The SMILES string of the molecule is c1ccc(-c2nn3ccnc3s2)cc1. The van der Waals surface area contributed by atoms with E-state index in [2.05, 4.69) is 22.2 Å². The molecule has 4 heteroatoms. The van der Waals surface area contributed by atoms with Crippen LogP contribution < -0.4 is 0 Å². The van der Waals surface area contributed by atoms with Crippen LogP contribution in [0.5, 0.6) is 0 Å². The fourth-order valence-corrected chi connectivity index (χ4v) is 2.20. The van der Waals surface area contributed by atoms with Gasteiger partial charge in [-0.25, -0.2) is 9.50 Å². The van der Waals surface area contributed by atoms with Crippen molar-refractivity contribution in [3.05, 3.63) is 42.7 Å². The second kappa shape index (κ2) is 2.92. The molecular formula is C10H7N3S. The van der Waals surface area contributed by atoms with E-state index < -0.39 is 0 Å². The fourth-order valence-electron chi connectivity index (χ4n) is 1.33. The van der Waals surface area contributed by atoms with E-state index in [0.717, 1.165) is 15.5 Å². The number of aromatic nitrogens is 3. The minimum atomic E-state index is 0.934. The topological polar surface area (TPSA) is 30.2 Å². The molecule has 3 rings (SSSR count). The molecule has 0 radical (unpaired) electrons. The zero-order valence-electron chi connectivity index (χ0n) is 7.29. The minimum Gasteiger partial charge on any atom is -0.226 e. The Hall–Kier alpha value is -1.68. The van der Waals surface area contributed by atoms with E-state index in [1.165, 1.54) is 0 Å². The fraction of sp³-hybridized carbons (Fsp3) is 0. The number of nitrogens with zero attached hydrogens (tertiary/aromatic N) is 3. The first kappa shape index (κ1) is 7.70. The molecule has 0 aliphatic rings. The number of hydrogen-bond donors (Lipinski definition) is 0. The monoisotopic (exact) mass is 201 g/mol. The van der Waals surface area contributed by atoms with Crippen LogP contribution in [0, 0.1) is 0 Å². The third-order valence-corrected chi connectivity index (χ3v) is 2.98. The van der Waals surface area contributed by atoms with Crippen LogP contribution in [0.3, 0.4) is 0 Å². The summed E-state index contributed by atoms with van der Waals surface area (Å²) in [5, 5.41) is 5.42. The van der Waals surface area contributed by atoms with Crippen LogP contribution in [0.2, 0.25) is 0 Å². The summed E-state index contributed by atoms with van der Waals surface area (Å²) in [7, 11) is 0. The van der Waals surface area contributed by atoms with Crippen molar-refractivity contribution in [2.45, 2.75) is 0 Å². The van der Waals surface area contributed by atoms with E-state index in [-0.39, 0.29) is 0 Å². The predicted octanol–water partition coefficient (Wildman–Crippen LogP) is 2.46. The lowest BCUT2D eigenvalue weighted by Gasteiger charge is -1.91. The van der Waals surface area contributed by atoms with Gasteiger partial charge in [-0.15, -0.1) is 0 Å². The van der Waals surface area contributed by atoms with E-state index in [1.807, 2.05) is 24.4 Å². The third kappa shape index (κ3) is 1.12. The summed E-state index contributed by atoms with van der Waals surface area (Å²) in [6, 6.07) is 10.1. The lowest BCUT2D eigenvalue weighted by Crippen LogP contribution is -1.80. The summed E-state index contributed by atoms with van der Waals surface area (Å²) in [6.45, 7) is 0. The Morgan fingerprint density at radius 2 is 2.00 bits per heavy atom. The van der Waals surface area contributed by atoms with Crippen LogP contribution in [0.25, 0.3) is 15.5 Å². The number of hydrogen-bond acceptors (Lipinski definition) is 3. The highest BCUT2D eigenvalue weighted by Gasteiger charge is 2.05. The van der Waals surface area contributed by atoms with E-state index in [0.29, 0.717) is 0 Å². The molecule has 2 aromatic heterocycles. The summed E-state index contributed by atoms with van der Waals surface area (Å²) in [5.41, 5.74) is 1.14. The van der Waals surface area contributed by atoms with Crippen LogP contribution in [0.1, 0.15) is 0 Å². The van der Waals surface area contributed by atoms with Gasteiger partial charge in [0.1, 0.15) is 5.01 Å². The van der Waals surface area contributed by atoms with Crippen LogP contribution in [-0.4, -0.2) is 14.6 Å². The van der Waals surface area contributed by atoms with Gasteiger partial charge >= 0.3 is 0 Å². The summed E-state index contributed by atoms with van der Waals surface area (Å²) < 4.78 is 1.80. The Bertz CT molecular complexity index is 524. The van der Waals surface area contributed by atoms with Crippen molar-refractivity contribution < 1.29 is 0 Å². The third-order valence-electron chi connectivity index (χ3n) is 2.00. The Morgan fingerprint density at radius 1 is 1.14 bits per heavy atom. The molecule has 0 aliphatic heterocycles. The molecule has 0 unspecified atom stereocenters. The van der Waals surface area contributed by atoms with E-state index in [9.17, 15) is 0 Å². The van der Waals surface area contributed by atoms with Crippen molar-refractivity contribution in [1.82, 2.24) is 14.6 Å². The maximum absolute atomic E-state index is 4.42. The first-order chi connectivity index (χ1) is 6.93. The average Bonchev–Trinajstić information content (AvgIpc) is 2.78. The van der Waals surface area contributed by atoms with Gasteiger partial charge in [-0.05, 0) is 0 Å². The van der Waals surface area contributed by atoms with Crippen molar-refractivity contribution in [3.8, 4) is 10.6 Å². The second-order valence-corrected chi connectivity index (χ2v) is 3.88. The molecule has 0 spiro atoms. The normalized spacial score (nSPS) is 10.9. The summed E-state index contributed by atoms with van der Waals surface area (Å²) in [4.78, 5) is 5.12. The molecule has 0 saturated heterocycles. The second-order valence-electron chi connectivity index (χ2n) is 2.93. The summed E-state index contributed by atoms with van der Waals surface area (Å²) in [5.74, 6) is 0. The molecule has 0 aliphatic carbocycles. The summed E-state index contributed by atoms with van der Waals surface area (Å²) in [6.07, 6.45) is 3.62. The number of benzene rings is 1. The maximum Gasteiger partial charge on any atom is 0.212 e. The molecule has 0 fully saturated rings. The first-order valence-corrected chi connectivity index (χ1v) is 5.11. The number of rotatable bonds is 1. The van der Waals surface area contributed by atoms with E-state index in [4.69, 9.17) is 0 Å². The molecule has 14 heavy (non-hydrogen) atoms. The average molecular weight is 201 g/mol. The Morgan fingerprint density at radius 3 is 2.79 bits per heavy atom. The van der Waals surface area contributed by atoms with Crippen molar-refractivity contribution in [1.29, 1.82) is 0 Å². The minimum absolute atomic E-state index is 0.934. The molecule has 3 aromatic rings. The lowest BCUT2D eigenvalue weighted by atomic mass is 10.2. The lowest BCUT2D eigenvalue weighted by molar-refractivity contribution is 0.978. The largest absolute Gasteiger partial charge is 0.226 e. The highest BCUT2D eigenvalue weighted by molar-refractivity contribution is 7.19. The van der Waals surface area contributed by atoms with Crippen LogP contribution in [0.4, 0.5) is 0 Å². The molecule has 0 atom stereocenters. The number of fused-ring (bicyclic) bond motifs is 1. The van der Waals surface area contributed by atoms with Crippen LogP contribution >= 0.6 is 11.3 Å².